The molecule has 0 heterocycles. The summed E-state index contributed by atoms with van der Waals surface area (Å²) in [4.78, 5) is 38.3. The maximum atomic E-state index is 12.5. The van der Waals surface area contributed by atoms with Gasteiger partial charge in [-0.3, -0.25) is 9.59 Å². The van der Waals surface area contributed by atoms with Gasteiger partial charge in [-0.1, -0.05) is 49.9 Å². The number of carbonyl (C=O) groups is 3. The third kappa shape index (κ3) is 9.03. The predicted octanol–water partition coefficient (Wildman–Crippen LogP) is 3.99. The number of carbonyl (C=O) groups excluding carboxylic acids is 3. The quantitative estimate of drug-likeness (QED) is 0.300. The lowest BCUT2D eigenvalue weighted by atomic mass is 10.2. The minimum absolute atomic E-state index is 0.116. The number of aryl methyl sites for hydroxylation is 1. The first-order valence-corrected chi connectivity index (χ1v) is 10.7. The normalized spacial score (nSPS) is 10.5. The van der Waals surface area contributed by atoms with Crippen molar-refractivity contribution < 1.29 is 23.9 Å². The standard InChI is InChI=1S/C26H30N2O5/c1-4-16-28(18-24(29)27-23-9-7-6-8-20(23)3)25(30)19-33-26(31)15-12-21-10-13-22(14-11-21)32-17-5-2/h5-15H,2,4,16-19H2,1,3H3,(H,27,29)/b15-12+. The largest absolute Gasteiger partial charge is 0.490 e. The number of benzene rings is 2. The monoisotopic (exact) mass is 450 g/mol. The molecule has 7 heteroatoms. The summed E-state index contributed by atoms with van der Waals surface area (Å²) in [5, 5.41) is 2.81. The lowest BCUT2D eigenvalue weighted by Crippen LogP contribution is -2.40. The van der Waals surface area contributed by atoms with Crippen molar-refractivity contribution >= 4 is 29.5 Å². The minimum Gasteiger partial charge on any atom is -0.490 e. The van der Waals surface area contributed by atoms with Crippen molar-refractivity contribution in [2.75, 3.05) is 31.6 Å². The molecule has 0 spiro atoms. The van der Waals surface area contributed by atoms with E-state index in [2.05, 4.69) is 11.9 Å². The topological polar surface area (TPSA) is 84.9 Å². The van der Waals surface area contributed by atoms with Gasteiger partial charge in [-0.25, -0.2) is 4.79 Å². The van der Waals surface area contributed by atoms with Gasteiger partial charge in [0.15, 0.2) is 6.61 Å². The van der Waals surface area contributed by atoms with Crippen molar-refractivity contribution in [2.45, 2.75) is 20.3 Å². The molecule has 0 saturated carbocycles. The van der Waals surface area contributed by atoms with Gasteiger partial charge in [0.05, 0.1) is 6.54 Å². The van der Waals surface area contributed by atoms with Crippen molar-refractivity contribution in [1.82, 2.24) is 4.90 Å². The van der Waals surface area contributed by atoms with Crippen LogP contribution in [0, 0.1) is 6.92 Å². The van der Waals surface area contributed by atoms with Crippen LogP contribution in [0.15, 0.2) is 67.3 Å². The van der Waals surface area contributed by atoms with Gasteiger partial charge in [0, 0.05) is 18.3 Å². The zero-order chi connectivity index (χ0) is 24.1. The van der Waals surface area contributed by atoms with Crippen LogP contribution in [0.2, 0.25) is 0 Å². The van der Waals surface area contributed by atoms with Crippen molar-refractivity contribution in [3.8, 4) is 5.75 Å². The number of nitrogens with one attached hydrogen (secondary N) is 1. The molecule has 0 aliphatic rings. The summed E-state index contributed by atoms with van der Waals surface area (Å²) in [6.07, 6.45) is 5.17. The molecule has 7 nitrogen and oxygen atoms in total. The molecule has 2 aromatic carbocycles. The summed E-state index contributed by atoms with van der Waals surface area (Å²) in [6.45, 7) is 7.63. The van der Waals surface area contributed by atoms with Crippen LogP contribution >= 0.6 is 0 Å². The lowest BCUT2D eigenvalue weighted by molar-refractivity contribution is -0.148. The highest BCUT2D eigenvalue weighted by atomic mass is 16.5. The fraction of sp³-hybridized carbons (Fsp3) is 0.269. The maximum absolute atomic E-state index is 12.5. The average Bonchev–Trinajstić information content (AvgIpc) is 2.81. The smallest absolute Gasteiger partial charge is 0.331 e. The summed E-state index contributed by atoms with van der Waals surface area (Å²) >= 11 is 0. The highest BCUT2D eigenvalue weighted by Crippen LogP contribution is 2.14. The molecule has 0 aliphatic carbocycles. The molecule has 0 fully saturated rings. The van der Waals surface area contributed by atoms with Crippen molar-refractivity contribution in [2.24, 2.45) is 0 Å². The number of anilines is 1. The van der Waals surface area contributed by atoms with E-state index in [9.17, 15) is 14.4 Å². The Labute approximate surface area is 194 Å². The molecule has 0 aliphatic heterocycles. The third-order valence-corrected chi connectivity index (χ3v) is 4.60. The zero-order valence-corrected chi connectivity index (χ0v) is 19.1. The Morgan fingerprint density at radius 3 is 2.48 bits per heavy atom. The lowest BCUT2D eigenvalue weighted by Gasteiger charge is -2.21. The Kier molecular flexibility index (Phi) is 10.4. The van der Waals surface area contributed by atoms with Crippen LogP contribution in [0.1, 0.15) is 24.5 Å². The Morgan fingerprint density at radius 2 is 1.82 bits per heavy atom. The molecule has 174 valence electrons. The van der Waals surface area contributed by atoms with Crippen LogP contribution in [0.4, 0.5) is 5.69 Å². The van der Waals surface area contributed by atoms with Gasteiger partial charge in [-0.05, 0) is 48.7 Å². The molecule has 0 radical (unpaired) electrons. The van der Waals surface area contributed by atoms with Gasteiger partial charge in [0.1, 0.15) is 12.4 Å². The molecule has 0 aromatic heterocycles. The van der Waals surface area contributed by atoms with Crippen molar-refractivity contribution in [3.05, 3.63) is 78.4 Å². The van der Waals surface area contributed by atoms with Gasteiger partial charge >= 0.3 is 5.97 Å². The number of nitrogens with zero attached hydrogens (tertiary/aromatic N) is 1. The van der Waals surface area contributed by atoms with Crippen molar-refractivity contribution in [1.29, 1.82) is 0 Å². The van der Waals surface area contributed by atoms with E-state index in [0.29, 0.717) is 31.0 Å². The zero-order valence-electron chi connectivity index (χ0n) is 19.1. The minimum atomic E-state index is -0.642. The first kappa shape index (κ1) is 25.4. The second kappa shape index (κ2) is 13.5. The Morgan fingerprint density at radius 1 is 1.09 bits per heavy atom. The van der Waals surface area contributed by atoms with Gasteiger partial charge < -0.3 is 19.7 Å². The van der Waals surface area contributed by atoms with Crippen LogP contribution in [0.3, 0.4) is 0 Å². The van der Waals surface area contributed by atoms with Crippen LogP contribution in [0.25, 0.3) is 6.08 Å². The number of amides is 2. The molecule has 0 atom stereocenters. The van der Waals surface area contributed by atoms with E-state index < -0.39 is 18.5 Å². The highest BCUT2D eigenvalue weighted by molar-refractivity contribution is 5.95. The van der Waals surface area contributed by atoms with Crippen LogP contribution in [-0.4, -0.2) is 49.0 Å². The fourth-order valence-electron chi connectivity index (χ4n) is 2.90. The number of hydrogen-bond acceptors (Lipinski definition) is 5. The molecule has 0 unspecified atom stereocenters. The second-order valence-electron chi connectivity index (χ2n) is 7.29. The number of para-hydroxylation sites is 1. The number of esters is 1. The molecule has 2 aromatic rings. The maximum Gasteiger partial charge on any atom is 0.331 e. The van der Waals surface area contributed by atoms with Crippen molar-refractivity contribution in [3.63, 3.8) is 0 Å². The second-order valence-corrected chi connectivity index (χ2v) is 7.29. The molecule has 2 rings (SSSR count). The summed E-state index contributed by atoms with van der Waals surface area (Å²) < 4.78 is 10.5. The van der Waals surface area contributed by atoms with Gasteiger partial charge in [-0.15, -0.1) is 0 Å². The number of ether oxygens (including phenoxy) is 2. The van der Waals surface area contributed by atoms with Crippen LogP contribution in [0.5, 0.6) is 5.75 Å². The number of rotatable bonds is 12. The van der Waals surface area contributed by atoms with E-state index in [0.717, 1.165) is 11.1 Å². The molecule has 0 bridgehead atoms. The third-order valence-electron chi connectivity index (χ3n) is 4.60. The van der Waals surface area contributed by atoms with Gasteiger partial charge in [0.25, 0.3) is 5.91 Å². The molecule has 0 saturated heterocycles. The molecular formula is C26H30N2O5. The summed E-state index contributed by atoms with van der Waals surface area (Å²) in [7, 11) is 0. The van der Waals surface area contributed by atoms with Gasteiger partial charge in [0.2, 0.25) is 5.91 Å². The first-order valence-electron chi connectivity index (χ1n) is 10.7. The van der Waals surface area contributed by atoms with E-state index >= 15 is 0 Å². The SMILES string of the molecule is C=CCOc1ccc(/C=C/C(=O)OCC(=O)N(CCC)CC(=O)Nc2ccccc2C)cc1. The highest BCUT2D eigenvalue weighted by Gasteiger charge is 2.18. The van der Waals surface area contributed by atoms with E-state index in [1.807, 2.05) is 32.0 Å². The molecular weight excluding hydrogens is 420 g/mol. The van der Waals surface area contributed by atoms with E-state index in [1.54, 1.807) is 42.5 Å². The predicted molar refractivity (Wildman–Crippen MR) is 129 cm³/mol. The Hall–Kier alpha value is -3.87. The van der Waals surface area contributed by atoms with Crippen LogP contribution in [-0.2, 0) is 19.1 Å². The fourth-order valence-corrected chi connectivity index (χ4v) is 2.90. The van der Waals surface area contributed by atoms with Crippen LogP contribution < -0.4 is 10.1 Å². The molecule has 2 amide bonds. The number of hydrogen-bond donors (Lipinski definition) is 1. The van der Waals surface area contributed by atoms with E-state index in [1.165, 1.54) is 11.0 Å². The summed E-state index contributed by atoms with van der Waals surface area (Å²) in [5.74, 6) is -0.682. The summed E-state index contributed by atoms with van der Waals surface area (Å²) in [5.41, 5.74) is 2.41. The van der Waals surface area contributed by atoms with E-state index in [-0.39, 0.29) is 12.5 Å². The molecule has 1 N–H and O–H groups in total. The first-order chi connectivity index (χ1) is 15.9. The summed E-state index contributed by atoms with van der Waals surface area (Å²) in [6, 6.07) is 14.6. The Balaban J connectivity index is 1.84. The molecule has 33 heavy (non-hydrogen) atoms. The average molecular weight is 451 g/mol. The van der Waals surface area contributed by atoms with E-state index in [4.69, 9.17) is 9.47 Å². The van der Waals surface area contributed by atoms with Gasteiger partial charge in [-0.2, -0.15) is 0 Å². The Bertz CT molecular complexity index is 982.